The van der Waals surface area contributed by atoms with Gasteiger partial charge in [-0.05, 0) is 96.3 Å². The highest BCUT2D eigenvalue weighted by Crippen LogP contribution is 2.19. The number of allylic oxidation sites excluding steroid dienone is 9. The highest BCUT2D eigenvalue weighted by Gasteiger charge is 2.18. The van der Waals surface area contributed by atoms with Crippen LogP contribution >= 0.6 is 0 Å². The lowest BCUT2D eigenvalue weighted by Gasteiger charge is -2.20. The van der Waals surface area contributed by atoms with Gasteiger partial charge in [-0.1, -0.05) is 364 Å². The van der Waals surface area contributed by atoms with Gasteiger partial charge in [0.2, 0.25) is 5.91 Å². The summed E-state index contributed by atoms with van der Waals surface area (Å²) in [4.78, 5) is 24.6. The first-order valence-electron chi connectivity index (χ1n) is 38.6. The third-order valence-electron chi connectivity index (χ3n) is 17.8. The summed E-state index contributed by atoms with van der Waals surface area (Å²) in [6.45, 7) is 4.91. The van der Waals surface area contributed by atoms with Gasteiger partial charge in [0.05, 0.1) is 25.4 Å². The van der Waals surface area contributed by atoms with Gasteiger partial charge in [-0.25, -0.2) is 0 Å². The molecule has 0 radical (unpaired) electrons. The molecule has 0 aliphatic carbocycles. The number of aliphatic hydroxyl groups excluding tert-OH is 2. The number of unbranched alkanes of at least 4 members (excludes halogenated alkanes) is 53. The molecule has 3 N–H and O–H groups in total. The average Bonchev–Trinajstić information content (AvgIpc) is 3.54. The maximum absolute atomic E-state index is 12.5. The monoisotopic (exact) mass is 1200 g/mol. The minimum absolute atomic E-state index is 0.000466. The summed E-state index contributed by atoms with van der Waals surface area (Å²) >= 11 is 0. The van der Waals surface area contributed by atoms with Crippen molar-refractivity contribution < 1.29 is 24.5 Å². The van der Waals surface area contributed by atoms with Gasteiger partial charge in [-0.15, -0.1) is 0 Å². The summed E-state index contributed by atoms with van der Waals surface area (Å²) in [5.41, 5.74) is 0. The van der Waals surface area contributed by atoms with Crippen LogP contribution in [-0.4, -0.2) is 47.4 Å². The van der Waals surface area contributed by atoms with Crippen LogP contribution in [-0.2, 0) is 14.3 Å². The van der Waals surface area contributed by atoms with Crippen molar-refractivity contribution in [3.05, 3.63) is 60.8 Å². The van der Waals surface area contributed by atoms with E-state index in [2.05, 4.69) is 67.8 Å². The smallest absolute Gasteiger partial charge is 0.305 e. The summed E-state index contributed by atoms with van der Waals surface area (Å²) in [5, 5.41) is 23.3. The molecular weight excluding hydrogens is 1050 g/mol. The number of carbonyl (C=O) groups excluding carboxylic acids is 2. The standard InChI is InChI=1S/C80H149NO5/c1-3-5-7-9-11-13-15-17-19-21-22-23-35-38-41-44-48-52-56-60-64-68-72-78(83)77(76-82)81-79(84)73-69-65-61-57-53-49-45-42-39-36-33-31-29-27-25-24-26-28-30-32-34-37-40-43-47-51-55-59-63-67-71-75-86-80(85)74-70-66-62-58-54-50-46-20-18-16-14-12-10-8-6-4-2/h14,16,20,26,28,32,34,46,68,72,77-78,82-83H,3-13,15,17-19,21-25,27,29-31,33,35-45,47-67,69-71,73-76H2,1-2H3,(H,81,84)/b16-14-,28-26-,34-32-,46-20-,72-68+. The molecule has 0 aromatic carbocycles. The number of rotatable bonds is 72. The average molecular weight is 1210 g/mol. The van der Waals surface area contributed by atoms with Gasteiger partial charge >= 0.3 is 5.97 Å². The van der Waals surface area contributed by atoms with Crippen molar-refractivity contribution in [2.24, 2.45) is 0 Å². The number of esters is 1. The van der Waals surface area contributed by atoms with Gasteiger partial charge in [0.25, 0.3) is 0 Å². The minimum Gasteiger partial charge on any atom is -0.466 e. The number of ether oxygens (including phenoxy) is 1. The van der Waals surface area contributed by atoms with Crippen molar-refractivity contribution in [2.75, 3.05) is 13.2 Å². The molecule has 1 amide bonds. The van der Waals surface area contributed by atoms with Gasteiger partial charge in [0.15, 0.2) is 0 Å². The van der Waals surface area contributed by atoms with Crippen molar-refractivity contribution in [2.45, 2.75) is 424 Å². The van der Waals surface area contributed by atoms with E-state index in [9.17, 15) is 19.8 Å². The van der Waals surface area contributed by atoms with Crippen LogP contribution in [0, 0.1) is 0 Å². The molecule has 0 spiro atoms. The Morgan fingerprint density at radius 3 is 0.895 bits per heavy atom. The fraction of sp³-hybridized carbons (Fsp3) is 0.850. The minimum atomic E-state index is -0.846. The lowest BCUT2D eigenvalue weighted by Crippen LogP contribution is -2.45. The van der Waals surface area contributed by atoms with Crippen molar-refractivity contribution in [1.82, 2.24) is 5.32 Å². The molecule has 86 heavy (non-hydrogen) atoms. The number of hydrogen-bond acceptors (Lipinski definition) is 5. The summed E-state index contributed by atoms with van der Waals surface area (Å²) < 4.78 is 5.49. The Kier molecular flexibility index (Phi) is 72.9. The molecule has 2 unspecified atom stereocenters. The second-order valence-corrected chi connectivity index (χ2v) is 26.3. The summed E-state index contributed by atoms with van der Waals surface area (Å²) in [6.07, 6.45) is 100. The Morgan fingerprint density at radius 2 is 0.581 bits per heavy atom. The molecule has 0 saturated carbocycles. The largest absolute Gasteiger partial charge is 0.466 e. The molecule has 0 fully saturated rings. The number of aliphatic hydroxyl groups is 2. The van der Waals surface area contributed by atoms with Crippen LogP contribution in [0.5, 0.6) is 0 Å². The van der Waals surface area contributed by atoms with Crippen molar-refractivity contribution in [3.63, 3.8) is 0 Å². The molecule has 0 heterocycles. The first kappa shape index (κ1) is 83.6. The number of hydrogen-bond donors (Lipinski definition) is 3. The molecule has 6 nitrogen and oxygen atoms in total. The zero-order chi connectivity index (χ0) is 62.0. The fourth-order valence-corrected chi connectivity index (χ4v) is 11.9. The van der Waals surface area contributed by atoms with Crippen LogP contribution in [0.1, 0.15) is 412 Å². The summed E-state index contributed by atoms with van der Waals surface area (Å²) in [6, 6.07) is -0.630. The van der Waals surface area contributed by atoms with Gasteiger partial charge in [0.1, 0.15) is 0 Å². The van der Waals surface area contributed by atoms with Crippen LogP contribution in [0.25, 0.3) is 0 Å². The number of carbonyl (C=O) groups is 2. The van der Waals surface area contributed by atoms with E-state index in [1.54, 1.807) is 6.08 Å². The highest BCUT2D eigenvalue weighted by molar-refractivity contribution is 5.76. The van der Waals surface area contributed by atoms with E-state index < -0.39 is 12.1 Å². The van der Waals surface area contributed by atoms with Gasteiger partial charge in [0, 0.05) is 12.8 Å². The Morgan fingerprint density at radius 1 is 0.326 bits per heavy atom. The molecular formula is C80H149NO5. The van der Waals surface area contributed by atoms with Crippen LogP contribution in [0.2, 0.25) is 0 Å². The molecule has 0 aromatic heterocycles. The van der Waals surface area contributed by atoms with Crippen LogP contribution < -0.4 is 5.32 Å². The predicted octanol–water partition coefficient (Wildman–Crippen LogP) is 25.4. The van der Waals surface area contributed by atoms with E-state index >= 15 is 0 Å². The van der Waals surface area contributed by atoms with Crippen molar-refractivity contribution in [1.29, 1.82) is 0 Å². The van der Waals surface area contributed by atoms with E-state index in [1.165, 1.54) is 327 Å². The van der Waals surface area contributed by atoms with Crippen molar-refractivity contribution in [3.8, 4) is 0 Å². The second-order valence-electron chi connectivity index (χ2n) is 26.3. The molecule has 0 rings (SSSR count). The second kappa shape index (κ2) is 75.0. The van der Waals surface area contributed by atoms with Gasteiger partial charge in [-0.3, -0.25) is 9.59 Å². The van der Waals surface area contributed by atoms with E-state index in [-0.39, 0.29) is 18.5 Å². The lowest BCUT2D eigenvalue weighted by molar-refractivity contribution is -0.143. The summed E-state index contributed by atoms with van der Waals surface area (Å²) in [7, 11) is 0. The highest BCUT2D eigenvalue weighted by atomic mass is 16.5. The van der Waals surface area contributed by atoms with Crippen molar-refractivity contribution >= 4 is 11.9 Å². The zero-order valence-corrected chi connectivity index (χ0v) is 57.8. The molecule has 6 heteroatoms. The topological polar surface area (TPSA) is 95.9 Å². The van der Waals surface area contributed by atoms with E-state index in [0.717, 1.165) is 57.8 Å². The maximum atomic E-state index is 12.5. The van der Waals surface area contributed by atoms with E-state index in [4.69, 9.17) is 4.74 Å². The normalized spacial score (nSPS) is 12.8. The molecule has 0 saturated heterocycles. The quantitative estimate of drug-likeness (QED) is 0.0320. The van der Waals surface area contributed by atoms with Gasteiger partial charge < -0.3 is 20.3 Å². The molecule has 0 aliphatic heterocycles. The maximum Gasteiger partial charge on any atom is 0.305 e. The van der Waals surface area contributed by atoms with E-state index in [1.807, 2.05) is 6.08 Å². The van der Waals surface area contributed by atoms with E-state index in [0.29, 0.717) is 19.4 Å². The number of nitrogens with one attached hydrogen (secondary N) is 1. The third kappa shape index (κ3) is 70.6. The van der Waals surface area contributed by atoms with Crippen LogP contribution in [0.15, 0.2) is 60.8 Å². The Bertz CT molecular complexity index is 1480. The lowest BCUT2D eigenvalue weighted by atomic mass is 10.0. The molecule has 0 aromatic rings. The molecule has 2 atom stereocenters. The zero-order valence-electron chi connectivity index (χ0n) is 57.8. The fourth-order valence-electron chi connectivity index (χ4n) is 11.9. The van der Waals surface area contributed by atoms with Crippen LogP contribution in [0.4, 0.5) is 0 Å². The first-order valence-corrected chi connectivity index (χ1v) is 38.6. The third-order valence-corrected chi connectivity index (χ3v) is 17.8. The number of amides is 1. The Hall–Kier alpha value is -2.44. The molecule has 504 valence electrons. The molecule has 0 bridgehead atoms. The summed E-state index contributed by atoms with van der Waals surface area (Å²) in [5.74, 6) is -0.0643. The SMILES string of the molecule is CCCCCC/C=C\C/C=C\CCCCCCCC(=O)OCCCCCCCCCCC/C=C\C/C=C\CCCCCCCCCCCCCCCCCC(=O)NC(CO)C(O)/C=C/CCCCCCCCCCCCCCCCCCCCCC. The Labute approximate surface area is 537 Å². The Balaban J connectivity index is 3.42. The predicted molar refractivity (Wildman–Crippen MR) is 379 cm³/mol. The van der Waals surface area contributed by atoms with Crippen LogP contribution in [0.3, 0.4) is 0 Å². The first-order chi connectivity index (χ1) is 42.5. The molecule has 0 aliphatic rings. The van der Waals surface area contributed by atoms with Gasteiger partial charge in [-0.2, -0.15) is 0 Å².